The van der Waals surface area contributed by atoms with Gasteiger partial charge in [0, 0.05) is 23.7 Å². The number of anilines is 1. The highest BCUT2D eigenvalue weighted by Crippen LogP contribution is 2.29. The van der Waals surface area contributed by atoms with E-state index >= 15 is 0 Å². The Morgan fingerprint density at radius 3 is 2.76 bits per heavy atom. The number of benzene rings is 1. The molecule has 0 aliphatic rings. The smallest absolute Gasteiger partial charge is 0.324 e. The van der Waals surface area contributed by atoms with Gasteiger partial charge >= 0.3 is 5.00 Å². The molecule has 0 unspecified atom stereocenters. The Kier molecular flexibility index (Phi) is 5.03. The van der Waals surface area contributed by atoms with Crippen LogP contribution in [0, 0.1) is 10.1 Å². The number of halogens is 1. The molecule has 1 aromatic carbocycles. The molecule has 0 saturated heterocycles. The minimum Gasteiger partial charge on any atom is -0.489 e. The summed E-state index contributed by atoms with van der Waals surface area (Å²) in [5.41, 5.74) is 1.70. The van der Waals surface area contributed by atoms with Gasteiger partial charge in [-0.25, -0.2) is 0 Å². The van der Waals surface area contributed by atoms with Crippen LogP contribution in [-0.4, -0.2) is 11.0 Å². The van der Waals surface area contributed by atoms with Crippen molar-refractivity contribution in [2.24, 2.45) is 0 Å². The largest absolute Gasteiger partial charge is 0.489 e. The van der Waals surface area contributed by atoms with Gasteiger partial charge in [-0.2, -0.15) is 0 Å². The molecule has 0 aliphatic heterocycles. The first-order valence-electron chi connectivity index (χ1n) is 6.37. The van der Waals surface area contributed by atoms with Crippen LogP contribution < -0.4 is 10.1 Å². The van der Waals surface area contributed by atoms with Crippen LogP contribution in [0.5, 0.6) is 5.75 Å². The highest BCUT2D eigenvalue weighted by Gasteiger charge is 2.10. The number of ether oxygens (including phenoxy) is 1. The van der Waals surface area contributed by atoms with Crippen molar-refractivity contribution in [2.75, 3.05) is 5.32 Å². The Labute approximate surface area is 131 Å². The monoisotopic (exact) mass is 326 g/mol. The normalized spacial score (nSPS) is 10.7. The lowest BCUT2D eigenvalue weighted by Gasteiger charge is -2.12. The van der Waals surface area contributed by atoms with Gasteiger partial charge in [-0.15, -0.1) is 0 Å². The van der Waals surface area contributed by atoms with Crippen molar-refractivity contribution < 1.29 is 9.66 Å². The van der Waals surface area contributed by atoms with Gasteiger partial charge in [0.05, 0.1) is 16.0 Å². The number of hydrogen-bond acceptors (Lipinski definition) is 5. The maximum absolute atomic E-state index is 10.6. The molecule has 0 fully saturated rings. The Morgan fingerprint density at radius 1 is 1.43 bits per heavy atom. The maximum Gasteiger partial charge on any atom is 0.324 e. The highest BCUT2D eigenvalue weighted by molar-refractivity contribution is 7.13. The van der Waals surface area contributed by atoms with Crippen LogP contribution in [0.15, 0.2) is 29.6 Å². The average Bonchev–Trinajstić information content (AvgIpc) is 2.88. The molecule has 7 heteroatoms. The fourth-order valence-electron chi connectivity index (χ4n) is 1.72. The van der Waals surface area contributed by atoms with E-state index in [1.165, 1.54) is 0 Å². The first-order valence-corrected chi connectivity index (χ1v) is 7.63. The van der Waals surface area contributed by atoms with Crippen LogP contribution in [-0.2, 0) is 6.54 Å². The molecule has 1 N–H and O–H groups in total. The molecule has 21 heavy (non-hydrogen) atoms. The van der Waals surface area contributed by atoms with E-state index in [1.807, 2.05) is 19.9 Å². The van der Waals surface area contributed by atoms with Crippen LogP contribution >= 0.6 is 22.9 Å². The molecule has 2 rings (SSSR count). The quantitative estimate of drug-likeness (QED) is 0.616. The van der Waals surface area contributed by atoms with Crippen LogP contribution in [0.3, 0.4) is 0 Å². The van der Waals surface area contributed by atoms with Gasteiger partial charge in [0.25, 0.3) is 0 Å². The summed E-state index contributed by atoms with van der Waals surface area (Å²) in [6.07, 6.45) is 0.0627. The molecule has 0 amide bonds. The maximum atomic E-state index is 10.6. The Morgan fingerprint density at radius 2 is 2.19 bits per heavy atom. The Bertz CT molecular complexity index is 643. The molecule has 5 nitrogen and oxygen atoms in total. The van der Waals surface area contributed by atoms with Crippen molar-refractivity contribution in [1.82, 2.24) is 0 Å². The van der Waals surface area contributed by atoms with Crippen molar-refractivity contribution in [3.05, 3.63) is 50.3 Å². The summed E-state index contributed by atoms with van der Waals surface area (Å²) in [5.74, 6) is 0.642. The number of nitrogens with one attached hydrogen (secondary N) is 1. The predicted octanol–water partition coefficient (Wildman–Crippen LogP) is 4.71. The third-order valence-corrected chi connectivity index (χ3v) is 3.84. The van der Waals surface area contributed by atoms with Crippen LogP contribution in [0.4, 0.5) is 10.7 Å². The standard InChI is InChI=1S/C14H15ClN2O3S/c1-9(2)20-13-4-3-11(6-12(13)15)16-7-10-5-14(17(18)19)21-8-10/h3-6,8-9,16H,7H2,1-2H3. The first kappa shape index (κ1) is 15.6. The van der Waals surface area contributed by atoms with Gasteiger partial charge in [0.1, 0.15) is 5.75 Å². The van der Waals surface area contributed by atoms with Gasteiger partial charge in [-0.3, -0.25) is 10.1 Å². The molecule has 112 valence electrons. The zero-order valence-corrected chi connectivity index (χ0v) is 13.2. The second-order valence-corrected chi connectivity index (χ2v) is 6.01. The van der Waals surface area contributed by atoms with Gasteiger partial charge in [-0.1, -0.05) is 22.9 Å². The van der Waals surface area contributed by atoms with Gasteiger partial charge in [0.15, 0.2) is 0 Å². The number of nitro groups is 1. The fraction of sp³-hybridized carbons (Fsp3) is 0.286. The molecule has 0 atom stereocenters. The molecule has 0 aliphatic carbocycles. The third kappa shape index (κ3) is 4.34. The van der Waals surface area contributed by atoms with E-state index in [0.717, 1.165) is 22.6 Å². The molecule has 1 aromatic heterocycles. The average molecular weight is 327 g/mol. The van der Waals surface area contributed by atoms with Crippen LogP contribution in [0.1, 0.15) is 19.4 Å². The minimum absolute atomic E-state index is 0.0627. The lowest BCUT2D eigenvalue weighted by molar-refractivity contribution is -0.380. The molecule has 0 radical (unpaired) electrons. The third-order valence-electron chi connectivity index (χ3n) is 2.61. The molecule has 0 bridgehead atoms. The lowest BCUT2D eigenvalue weighted by Crippen LogP contribution is -2.06. The summed E-state index contributed by atoms with van der Waals surface area (Å²) in [7, 11) is 0. The van der Waals surface area contributed by atoms with Gasteiger partial charge in [-0.05, 0) is 37.6 Å². The lowest BCUT2D eigenvalue weighted by atomic mass is 10.2. The topological polar surface area (TPSA) is 64.4 Å². The minimum atomic E-state index is -0.386. The number of thiophene rings is 1. The highest BCUT2D eigenvalue weighted by atomic mass is 35.5. The molecule has 2 aromatic rings. The Balaban J connectivity index is 1.99. The number of hydrogen-bond donors (Lipinski definition) is 1. The molecular weight excluding hydrogens is 312 g/mol. The first-order chi connectivity index (χ1) is 9.95. The SMILES string of the molecule is CC(C)Oc1ccc(NCc2csc([N+](=O)[O-])c2)cc1Cl. The number of rotatable bonds is 6. The van der Waals surface area contributed by atoms with Crippen LogP contribution in [0.25, 0.3) is 0 Å². The predicted molar refractivity (Wildman–Crippen MR) is 85.5 cm³/mol. The van der Waals surface area contributed by atoms with E-state index in [0.29, 0.717) is 17.3 Å². The summed E-state index contributed by atoms with van der Waals surface area (Å²) in [6.45, 7) is 4.38. The molecular formula is C14H15ClN2O3S. The van der Waals surface area contributed by atoms with E-state index in [2.05, 4.69) is 5.32 Å². The van der Waals surface area contributed by atoms with E-state index in [9.17, 15) is 10.1 Å². The van der Waals surface area contributed by atoms with Gasteiger partial charge in [0.2, 0.25) is 0 Å². The molecule has 0 spiro atoms. The van der Waals surface area contributed by atoms with E-state index < -0.39 is 0 Å². The van der Waals surface area contributed by atoms with Crippen molar-refractivity contribution in [3.63, 3.8) is 0 Å². The van der Waals surface area contributed by atoms with E-state index in [4.69, 9.17) is 16.3 Å². The van der Waals surface area contributed by atoms with Crippen molar-refractivity contribution in [2.45, 2.75) is 26.5 Å². The fourth-order valence-corrected chi connectivity index (χ4v) is 2.67. The van der Waals surface area contributed by atoms with E-state index in [-0.39, 0.29) is 16.0 Å². The van der Waals surface area contributed by atoms with Crippen molar-refractivity contribution >= 4 is 33.6 Å². The second kappa shape index (κ2) is 6.78. The molecule has 0 saturated carbocycles. The summed E-state index contributed by atoms with van der Waals surface area (Å²) in [6, 6.07) is 7.01. The Hall–Kier alpha value is -1.79. The summed E-state index contributed by atoms with van der Waals surface area (Å²) in [5, 5.41) is 16.2. The van der Waals surface area contributed by atoms with E-state index in [1.54, 1.807) is 23.6 Å². The van der Waals surface area contributed by atoms with Gasteiger partial charge < -0.3 is 10.1 Å². The summed E-state index contributed by atoms with van der Waals surface area (Å²) < 4.78 is 5.56. The van der Waals surface area contributed by atoms with Crippen molar-refractivity contribution in [3.8, 4) is 5.75 Å². The zero-order valence-electron chi connectivity index (χ0n) is 11.6. The summed E-state index contributed by atoms with van der Waals surface area (Å²) >= 11 is 7.27. The number of nitrogens with zero attached hydrogens (tertiary/aromatic N) is 1. The van der Waals surface area contributed by atoms with Crippen molar-refractivity contribution in [1.29, 1.82) is 0 Å². The zero-order chi connectivity index (χ0) is 15.4. The second-order valence-electron chi connectivity index (χ2n) is 4.72. The van der Waals surface area contributed by atoms with Crippen LogP contribution in [0.2, 0.25) is 5.02 Å². The molecule has 1 heterocycles. The summed E-state index contributed by atoms with van der Waals surface area (Å²) in [4.78, 5) is 10.2.